The maximum atomic E-state index is 12.5. The van der Waals surface area contributed by atoms with Gasteiger partial charge in [0.2, 0.25) is 5.91 Å². The third kappa shape index (κ3) is 3.85. The van der Waals surface area contributed by atoms with Gasteiger partial charge in [0, 0.05) is 26.2 Å². The number of piperidine rings is 1. The molecule has 0 aliphatic carbocycles. The molecule has 2 saturated heterocycles. The number of alkyl halides is 3. The van der Waals surface area contributed by atoms with Crippen molar-refractivity contribution in [3.05, 3.63) is 0 Å². The number of nitrogens with one attached hydrogen (secondary N) is 1. The number of halogens is 3. The Bertz CT molecular complexity index is 345. The molecule has 116 valence electrons. The predicted molar refractivity (Wildman–Crippen MR) is 69.3 cm³/mol. The first-order valence-corrected chi connectivity index (χ1v) is 7.14. The van der Waals surface area contributed by atoms with Gasteiger partial charge in [-0.3, -0.25) is 9.69 Å². The van der Waals surface area contributed by atoms with Crippen LogP contribution in [0, 0.1) is 0 Å². The summed E-state index contributed by atoms with van der Waals surface area (Å²) in [7, 11) is 0. The van der Waals surface area contributed by atoms with E-state index in [0.717, 1.165) is 25.8 Å². The third-order valence-electron chi connectivity index (χ3n) is 4.15. The lowest BCUT2D eigenvalue weighted by Gasteiger charge is -2.41. The van der Waals surface area contributed by atoms with Crippen molar-refractivity contribution in [3.8, 4) is 0 Å². The highest BCUT2D eigenvalue weighted by atomic mass is 19.4. The van der Waals surface area contributed by atoms with E-state index >= 15 is 0 Å². The van der Waals surface area contributed by atoms with Crippen LogP contribution in [-0.2, 0) is 4.79 Å². The summed E-state index contributed by atoms with van der Waals surface area (Å²) < 4.78 is 36.9. The van der Waals surface area contributed by atoms with Gasteiger partial charge in [0.1, 0.15) is 0 Å². The van der Waals surface area contributed by atoms with Gasteiger partial charge in [0.25, 0.3) is 0 Å². The number of piperazine rings is 1. The van der Waals surface area contributed by atoms with Crippen molar-refractivity contribution in [2.75, 3.05) is 39.3 Å². The van der Waals surface area contributed by atoms with Gasteiger partial charge in [0.15, 0.2) is 0 Å². The van der Waals surface area contributed by atoms with Gasteiger partial charge in [-0.05, 0) is 32.7 Å². The lowest BCUT2D eigenvalue weighted by Crippen LogP contribution is -2.61. The number of hydrogen-bond acceptors (Lipinski definition) is 3. The molecule has 0 aromatic rings. The minimum atomic E-state index is -4.16. The monoisotopic (exact) mass is 293 g/mol. The average molecular weight is 293 g/mol. The zero-order valence-corrected chi connectivity index (χ0v) is 11.8. The number of carbonyl (C=O) groups is 1. The van der Waals surface area contributed by atoms with Crippen LogP contribution in [0.1, 0.15) is 26.2 Å². The molecule has 0 aromatic carbocycles. The molecule has 2 fully saturated rings. The molecule has 4 nitrogen and oxygen atoms in total. The van der Waals surface area contributed by atoms with Gasteiger partial charge in [0.05, 0.1) is 12.1 Å². The molecule has 1 unspecified atom stereocenters. The molecule has 2 aliphatic rings. The molecule has 1 amide bonds. The molecular formula is C13H22F3N3O. The zero-order chi connectivity index (χ0) is 14.8. The van der Waals surface area contributed by atoms with Gasteiger partial charge in [-0.2, -0.15) is 13.2 Å². The van der Waals surface area contributed by atoms with Crippen LogP contribution in [0.3, 0.4) is 0 Å². The molecule has 0 saturated carbocycles. The van der Waals surface area contributed by atoms with E-state index in [-0.39, 0.29) is 5.91 Å². The van der Waals surface area contributed by atoms with Crippen LogP contribution >= 0.6 is 0 Å². The highest BCUT2D eigenvalue weighted by Crippen LogP contribution is 2.23. The standard InChI is InChI=1S/C13H22F3N3O/c1-12(4-2-3-5-17-12)11(20)19-8-6-18(7-9-19)10-13(14,15)16/h17H,2-10H2,1H3. The van der Waals surface area contributed by atoms with Gasteiger partial charge in [-0.1, -0.05) is 0 Å². The fourth-order valence-electron chi connectivity index (χ4n) is 2.95. The number of rotatable bonds is 2. The Hall–Kier alpha value is -0.820. The van der Waals surface area contributed by atoms with E-state index in [4.69, 9.17) is 0 Å². The molecule has 2 aliphatic heterocycles. The van der Waals surface area contributed by atoms with E-state index in [1.807, 2.05) is 6.92 Å². The second kappa shape index (κ2) is 5.89. The Balaban J connectivity index is 1.85. The quantitative estimate of drug-likeness (QED) is 0.832. The Morgan fingerprint density at radius 2 is 1.85 bits per heavy atom. The molecule has 2 heterocycles. The zero-order valence-electron chi connectivity index (χ0n) is 11.8. The van der Waals surface area contributed by atoms with Crippen LogP contribution in [0.25, 0.3) is 0 Å². The van der Waals surface area contributed by atoms with Crippen LogP contribution in [0.15, 0.2) is 0 Å². The van der Waals surface area contributed by atoms with Crippen molar-refractivity contribution < 1.29 is 18.0 Å². The van der Waals surface area contributed by atoms with E-state index < -0.39 is 18.3 Å². The lowest BCUT2D eigenvalue weighted by molar-refractivity contribution is -0.153. The van der Waals surface area contributed by atoms with Crippen molar-refractivity contribution >= 4 is 5.91 Å². The SMILES string of the molecule is CC1(C(=O)N2CCN(CC(F)(F)F)CC2)CCCCN1. The Kier molecular flexibility index (Phi) is 4.59. The Morgan fingerprint density at radius 1 is 1.20 bits per heavy atom. The highest BCUT2D eigenvalue weighted by Gasteiger charge is 2.39. The van der Waals surface area contributed by atoms with Gasteiger partial charge < -0.3 is 10.2 Å². The van der Waals surface area contributed by atoms with Crippen molar-refractivity contribution in [2.24, 2.45) is 0 Å². The first kappa shape index (κ1) is 15.6. The molecule has 0 radical (unpaired) electrons. The van der Waals surface area contributed by atoms with Crippen LogP contribution in [0.5, 0.6) is 0 Å². The molecule has 20 heavy (non-hydrogen) atoms. The molecule has 0 bridgehead atoms. The predicted octanol–water partition coefficient (Wildman–Crippen LogP) is 1.23. The lowest BCUT2D eigenvalue weighted by atomic mass is 9.89. The second-order valence-corrected chi connectivity index (χ2v) is 5.90. The van der Waals surface area contributed by atoms with E-state index in [9.17, 15) is 18.0 Å². The number of amides is 1. The molecule has 0 spiro atoms. The van der Waals surface area contributed by atoms with Crippen LogP contribution in [0.4, 0.5) is 13.2 Å². The average Bonchev–Trinajstić information content (AvgIpc) is 2.38. The van der Waals surface area contributed by atoms with Crippen molar-refractivity contribution in [1.29, 1.82) is 0 Å². The van der Waals surface area contributed by atoms with Crippen molar-refractivity contribution in [3.63, 3.8) is 0 Å². The molecule has 2 rings (SSSR count). The molecule has 1 atom stereocenters. The highest BCUT2D eigenvalue weighted by molar-refractivity contribution is 5.86. The van der Waals surface area contributed by atoms with Crippen molar-refractivity contribution in [2.45, 2.75) is 37.9 Å². The second-order valence-electron chi connectivity index (χ2n) is 5.90. The summed E-state index contributed by atoms with van der Waals surface area (Å²) in [5, 5.41) is 3.26. The normalized spacial score (nSPS) is 29.5. The summed E-state index contributed by atoms with van der Waals surface area (Å²) in [5.74, 6) is 0.0314. The molecule has 7 heteroatoms. The first-order chi connectivity index (χ1) is 9.30. The van der Waals surface area contributed by atoms with Gasteiger partial charge >= 0.3 is 6.18 Å². The summed E-state index contributed by atoms with van der Waals surface area (Å²) in [5.41, 5.74) is -0.537. The van der Waals surface area contributed by atoms with Crippen LogP contribution < -0.4 is 5.32 Å². The van der Waals surface area contributed by atoms with Crippen molar-refractivity contribution in [1.82, 2.24) is 15.1 Å². The molecule has 0 aromatic heterocycles. The Morgan fingerprint density at radius 3 is 2.35 bits per heavy atom. The van der Waals surface area contributed by atoms with Crippen LogP contribution in [-0.4, -0.2) is 66.7 Å². The molecular weight excluding hydrogens is 271 g/mol. The largest absolute Gasteiger partial charge is 0.401 e. The summed E-state index contributed by atoms with van der Waals surface area (Å²) in [6.45, 7) is 3.19. The van der Waals surface area contributed by atoms with E-state index in [1.165, 1.54) is 4.90 Å². The first-order valence-electron chi connectivity index (χ1n) is 7.14. The minimum absolute atomic E-state index is 0.0314. The molecule has 1 N–H and O–H groups in total. The fraction of sp³-hybridized carbons (Fsp3) is 0.923. The summed E-state index contributed by atoms with van der Waals surface area (Å²) in [4.78, 5) is 15.6. The summed E-state index contributed by atoms with van der Waals surface area (Å²) in [6.07, 6.45) is -1.27. The maximum Gasteiger partial charge on any atom is 0.401 e. The smallest absolute Gasteiger partial charge is 0.339 e. The van der Waals surface area contributed by atoms with E-state index in [2.05, 4.69) is 5.32 Å². The van der Waals surface area contributed by atoms with Gasteiger partial charge in [-0.15, -0.1) is 0 Å². The summed E-state index contributed by atoms with van der Waals surface area (Å²) >= 11 is 0. The van der Waals surface area contributed by atoms with E-state index in [1.54, 1.807) is 4.90 Å². The maximum absolute atomic E-state index is 12.5. The number of nitrogens with zero attached hydrogens (tertiary/aromatic N) is 2. The topological polar surface area (TPSA) is 35.6 Å². The Labute approximate surface area is 117 Å². The van der Waals surface area contributed by atoms with Gasteiger partial charge in [-0.25, -0.2) is 0 Å². The fourth-order valence-corrected chi connectivity index (χ4v) is 2.95. The number of hydrogen-bond donors (Lipinski definition) is 1. The number of carbonyl (C=O) groups excluding carboxylic acids is 1. The minimum Gasteiger partial charge on any atom is -0.339 e. The van der Waals surface area contributed by atoms with E-state index in [0.29, 0.717) is 26.2 Å². The van der Waals surface area contributed by atoms with Crippen LogP contribution in [0.2, 0.25) is 0 Å². The summed E-state index contributed by atoms with van der Waals surface area (Å²) in [6, 6.07) is 0. The third-order valence-corrected chi connectivity index (χ3v) is 4.15.